The lowest BCUT2D eigenvalue weighted by Crippen LogP contribution is -2.47. The predicted molar refractivity (Wildman–Crippen MR) is 94.7 cm³/mol. The van der Waals surface area contributed by atoms with Crippen LogP contribution in [0.3, 0.4) is 0 Å². The molecule has 132 valence electrons. The highest BCUT2D eigenvalue weighted by atomic mass is 16.2. The summed E-state index contributed by atoms with van der Waals surface area (Å²) in [6.07, 6.45) is 7.26. The minimum absolute atomic E-state index is 0.0873. The SMILES string of the molecule is C=C(C)CC(C(=O)NC(C)(C)C)[C@H](CCC1CCCC1)C(N)=O. The van der Waals surface area contributed by atoms with E-state index < -0.39 is 11.8 Å². The molecule has 0 aromatic carbocycles. The molecule has 0 heterocycles. The molecule has 0 radical (unpaired) electrons. The molecule has 0 spiro atoms. The van der Waals surface area contributed by atoms with E-state index in [9.17, 15) is 9.59 Å². The lowest BCUT2D eigenvalue weighted by Gasteiger charge is -2.29. The van der Waals surface area contributed by atoms with Gasteiger partial charge in [0.25, 0.3) is 0 Å². The van der Waals surface area contributed by atoms with E-state index in [-0.39, 0.29) is 17.4 Å². The fraction of sp³-hybridized carbons (Fsp3) is 0.789. The van der Waals surface area contributed by atoms with E-state index in [1.54, 1.807) is 0 Å². The van der Waals surface area contributed by atoms with E-state index in [2.05, 4.69) is 11.9 Å². The molecule has 1 fully saturated rings. The van der Waals surface area contributed by atoms with Crippen LogP contribution in [0, 0.1) is 17.8 Å². The number of carbonyl (C=O) groups is 2. The second-order valence-corrected chi connectivity index (χ2v) is 8.24. The zero-order valence-corrected chi connectivity index (χ0v) is 15.3. The van der Waals surface area contributed by atoms with Gasteiger partial charge in [0, 0.05) is 11.5 Å². The second kappa shape index (κ2) is 8.51. The minimum Gasteiger partial charge on any atom is -0.369 e. The molecular weight excluding hydrogens is 288 g/mol. The summed E-state index contributed by atoms with van der Waals surface area (Å²) in [5.41, 5.74) is 6.24. The Balaban J connectivity index is 2.81. The van der Waals surface area contributed by atoms with Crippen LogP contribution >= 0.6 is 0 Å². The van der Waals surface area contributed by atoms with E-state index in [4.69, 9.17) is 5.73 Å². The van der Waals surface area contributed by atoms with E-state index in [1.807, 2.05) is 27.7 Å². The first-order valence-electron chi connectivity index (χ1n) is 8.86. The van der Waals surface area contributed by atoms with Crippen molar-refractivity contribution in [3.8, 4) is 0 Å². The molecule has 4 nitrogen and oxygen atoms in total. The van der Waals surface area contributed by atoms with Crippen molar-refractivity contribution >= 4 is 11.8 Å². The van der Waals surface area contributed by atoms with Crippen molar-refractivity contribution in [3.63, 3.8) is 0 Å². The minimum atomic E-state index is -0.411. The summed E-state index contributed by atoms with van der Waals surface area (Å²) < 4.78 is 0. The zero-order chi connectivity index (χ0) is 17.6. The fourth-order valence-corrected chi connectivity index (χ4v) is 3.51. The molecule has 1 unspecified atom stereocenters. The highest BCUT2D eigenvalue weighted by Crippen LogP contribution is 2.32. The number of rotatable bonds is 8. The van der Waals surface area contributed by atoms with Gasteiger partial charge in [-0.25, -0.2) is 0 Å². The summed E-state index contributed by atoms with van der Waals surface area (Å²) in [7, 11) is 0. The van der Waals surface area contributed by atoms with Gasteiger partial charge >= 0.3 is 0 Å². The van der Waals surface area contributed by atoms with Crippen molar-refractivity contribution in [2.75, 3.05) is 0 Å². The Morgan fingerprint density at radius 1 is 1.22 bits per heavy atom. The number of primary amides is 1. The third-order valence-electron chi connectivity index (χ3n) is 4.62. The van der Waals surface area contributed by atoms with Gasteiger partial charge in [-0.2, -0.15) is 0 Å². The van der Waals surface area contributed by atoms with Crippen molar-refractivity contribution in [2.45, 2.75) is 78.2 Å². The van der Waals surface area contributed by atoms with E-state index in [0.717, 1.165) is 12.0 Å². The van der Waals surface area contributed by atoms with Crippen LogP contribution in [-0.4, -0.2) is 17.4 Å². The van der Waals surface area contributed by atoms with Crippen molar-refractivity contribution in [2.24, 2.45) is 23.5 Å². The predicted octanol–water partition coefficient (Wildman–Crippen LogP) is 3.56. The standard InChI is InChI=1S/C19H34N2O2/c1-13(2)12-16(18(23)21-19(3,4)5)15(17(20)22)11-10-14-8-6-7-9-14/h14-16H,1,6-12H2,2-5H3,(H2,20,22)(H,21,23)/t15-,16?/m0/s1. The molecule has 2 amide bonds. The maximum Gasteiger partial charge on any atom is 0.224 e. The normalized spacial score (nSPS) is 18.4. The van der Waals surface area contributed by atoms with Crippen LogP contribution in [0.5, 0.6) is 0 Å². The Morgan fingerprint density at radius 2 is 1.78 bits per heavy atom. The van der Waals surface area contributed by atoms with Gasteiger partial charge in [-0.05, 0) is 52.9 Å². The molecule has 0 aromatic heterocycles. The Hall–Kier alpha value is -1.32. The van der Waals surface area contributed by atoms with E-state index in [0.29, 0.717) is 18.8 Å². The number of nitrogens with two attached hydrogens (primary N) is 1. The molecule has 0 bridgehead atoms. The molecule has 2 atom stereocenters. The Morgan fingerprint density at radius 3 is 2.22 bits per heavy atom. The van der Waals surface area contributed by atoms with Gasteiger partial charge in [-0.1, -0.05) is 31.3 Å². The lowest BCUT2D eigenvalue weighted by molar-refractivity contribution is -0.134. The number of amides is 2. The maximum absolute atomic E-state index is 12.7. The van der Waals surface area contributed by atoms with Crippen LogP contribution in [0.15, 0.2) is 12.2 Å². The molecule has 0 saturated heterocycles. The van der Waals surface area contributed by atoms with Crippen molar-refractivity contribution in [3.05, 3.63) is 12.2 Å². The Kier molecular flexibility index (Phi) is 7.30. The third kappa shape index (κ3) is 7.19. The highest BCUT2D eigenvalue weighted by molar-refractivity contribution is 5.87. The third-order valence-corrected chi connectivity index (χ3v) is 4.62. The average Bonchev–Trinajstić information content (AvgIpc) is 2.87. The van der Waals surface area contributed by atoms with E-state index in [1.165, 1.54) is 25.7 Å². The highest BCUT2D eigenvalue weighted by Gasteiger charge is 2.34. The number of hydrogen-bond acceptors (Lipinski definition) is 2. The molecule has 0 aromatic rings. The van der Waals surface area contributed by atoms with Gasteiger partial charge in [0.2, 0.25) is 11.8 Å². The number of allylic oxidation sites excluding steroid dienone is 1. The van der Waals surface area contributed by atoms with Gasteiger partial charge in [-0.15, -0.1) is 6.58 Å². The molecule has 3 N–H and O–H groups in total. The van der Waals surface area contributed by atoms with Crippen LogP contribution in [-0.2, 0) is 9.59 Å². The molecule has 1 saturated carbocycles. The molecular formula is C19H34N2O2. The van der Waals surface area contributed by atoms with Crippen LogP contribution in [0.2, 0.25) is 0 Å². The Labute approximate surface area is 141 Å². The first kappa shape index (κ1) is 19.7. The summed E-state index contributed by atoms with van der Waals surface area (Å²) in [5.74, 6) is -0.581. The first-order chi connectivity index (χ1) is 10.6. The van der Waals surface area contributed by atoms with Gasteiger partial charge in [-0.3, -0.25) is 9.59 Å². The van der Waals surface area contributed by atoms with Crippen molar-refractivity contribution < 1.29 is 9.59 Å². The van der Waals surface area contributed by atoms with Crippen molar-refractivity contribution in [1.29, 1.82) is 0 Å². The lowest BCUT2D eigenvalue weighted by atomic mass is 9.80. The average molecular weight is 322 g/mol. The van der Waals surface area contributed by atoms with Crippen LogP contribution < -0.4 is 11.1 Å². The van der Waals surface area contributed by atoms with Gasteiger partial charge in [0.1, 0.15) is 0 Å². The van der Waals surface area contributed by atoms with Crippen LogP contribution in [0.1, 0.15) is 72.6 Å². The number of carbonyl (C=O) groups excluding carboxylic acids is 2. The topological polar surface area (TPSA) is 72.2 Å². The molecule has 4 heteroatoms. The smallest absolute Gasteiger partial charge is 0.224 e. The number of nitrogens with one attached hydrogen (secondary N) is 1. The first-order valence-corrected chi connectivity index (χ1v) is 8.86. The van der Waals surface area contributed by atoms with Gasteiger partial charge in [0.05, 0.1) is 5.92 Å². The molecule has 1 aliphatic rings. The van der Waals surface area contributed by atoms with Crippen LogP contribution in [0.25, 0.3) is 0 Å². The summed E-state index contributed by atoms with van der Waals surface area (Å²) in [5, 5.41) is 3.00. The summed E-state index contributed by atoms with van der Waals surface area (Å²) in [4.78, 5) is 24.7. The number of hydrogen-bond donors (Lipinski definition) is 2. The van der Waals surface area contributed by atoms with Gasteiger partial charge in [0.15, 0.2) is 0 Å². The largest absolute Gasteiger partial charge is 0.369 e. The van der Waals surface area contributed by atoms with Crippen molar-refractivity contribution in [1.82, 2.24) is 5.32 Å². The summed E-state index contributed by atoms with van der Waals surface area (Å²) >= 11 is 0. The summed E-state index contributed by atoms with van der Waals surface area (Å²) in [6, 6.07) is 0. The molecule has 0 aliphatic heterocycles. The fourth-order valence-electron chi connectivity index (χ4n) is 3.51. The maximum atomic E-state index is 12.7. The summed E-state index contributed by atoms with van der Waals surface area (Å²) in [6.45, 7) is 11.7. The van der Waals surface area contributed by atoms with Gasteiger partial charge < -0.3 is 11.1 Å². The van der Waals surface area contributed by atoms with E-state index >= 15 is 0 Å². The zero-order valence-electron chi connectivity index (χ0n) is 15.3. The quantitative estimate of drug-likeness (QED) is 0.671. The molecule has 1 aliphatic carbocycles. The van der Waals surface area contributed by atoms with Crippen LogP contribution in [0.4, 0.5) is 0 Å². The molecule has 1 rings (SSSR count). The monoisotopic (exact) mass is 322 g/mol. The molecule has 23 heavy (non-hydrogen) atoms. The second-order valence-electron chi connectivity index (χ2n) is 8.24. The Bertz CT molecular complexity index is 431.